The third-order valence-corrected chi connectivity index (χ3v) is 4.78. The van der Waals surface area contributed by atoms with E-state index in [9.17, 15) is 4.79 Å². The van der Waals surface area contributed by atoms with Gasteiger partial charge in [0.2, 0.25) is 0 Å². The maximum atomic E-state index is 12.5. The van der Waals surface area contributed by atoms with Gasteiger partial charge in [-0.15, -0.1) is 21.5 Å². The first kappa shape index (κ1) is 16.2. The molecule has 4 aromatic rings. The lowest BCUT2D eigenvalue weighted by atomic mass is 10.1. The van der Waals surface area contributed by atoms with Crippen LogP contribution in [-0.4, -0.2) is 32.8 Å². The van der Waals surface area contributed by atoms with E-state index in [1.165, 1.54) is 10.8 Å². The van der Waals surface area contributed by atoms with Crippen LogP contribution >= 0.6 is 11.3 Å². The molecule has 26 heavy (non-hydrogen) atoms. The summed E-state index contributed by atoms with van der Waals surface area (Å²) in [4.78, 5) is 13.6. The first-order chi connectivity index (χ1) is 12.7. The summed E-state index contributed by atoms with van der Waals surface area (Å²) in [5.74, 6) is 0.512. The highest BCUT2D eigenvalue weighted by molar-refractivity contribution is 7.09. The predicted octanol–water partition coefficient (Wildman–Crippen LogP) is 2.79. The Hall–Kier alpha value is -3.26. The van der Waals surface area contributed by atoms with Gasteiger partial charge in [-0.1, -0.05) is 18.2 Å². The second-order valence-electron chi connectivity index (χ2n) is 5.53. The summed E-state index contributed by atoms with van der Waals surface area (Å²) in [5, 5.41) is 17.2. The van der Waals surface area contributed by atoms with Crippen LogP contribution in [0.15, 0.2) is 54.2 Å². The number of ether oxygens (including phenoxy) is 1. The molecule has 3 heterocycles. The van der Waals surface area contributed by atoms with Crippen LogP contribution in [-0.2, 0) is 6.54 Å². The third kappa shape index (κ3) is 3.14. The van der Waals surface area contributed by atoms with Gasteiger partial charge in [0.25, 0.3) is 5.91 Å². The fraction of sp³-hybridized carbons (Fsp3) is 0.111. The van der Waals surface area contributed by atoms with Gasteiger partial charge in [0.15, 0.2) is 5.65 Å². The number of carbonyl (C=O) groups is 1. The molecule has 0 saturated carbocycles. The number of nitrogens with zero attached hydrogens (tertiary/aromatic N) is 4. The molecule has 1 aromatic carbocycles. The topological polar surface area (TPSA) is 81.4 Å². The summed E-state index contributed by atoms with van der Waals surface area (Å²) in [6.45, 7) is 0.469. The van der Waals surface area contributed by atoms with Gasteiger partial charge >= 0.3 is 0 Å². The first-order valence-corrected chi connectivity index (χ1v) is 8.78. The maximum Gasteiger partial charge on any atom is 0.272 e. The molecule has 0 unspecified atom stereocenters. The smallest absolute Gasteiger partial charge is 0.272 e. The number of benzene rings is 1. The van der Waals surface area contributed by atoms with E-state index < -0.39 is 0 Å². The minimum atomic E-state index is -0.247. The molecule has 0 fully saturated rings. The van der Waals surface area contributed by atoms with Crippen LogP contribution in [0.25, 0.3) is 16.8 Å². The zero-order chi connectivity index (χ0) is 17.9. The van der Waals surface area contributed by atoms with Crippen LogP contribution in [0.4, 0.5) is 0 Å². The van der Waals surface area contributed by atoms with Crippen molar-refractivity contribution < 1.29 is 9.53 Å². The molecule has 0 radical (unpaired) electrons. The summed E-state index contributed by atoms with van der Waals surface area (Å²) in [5.41, 5.74) is 2.57. The fourth-order valence-electron chi connectivity index (χ4n) is 2.59. The van der Waals surface area contributed by atoms with Gasteiger partial charge in [-0.25, -0.2) is 0 Å². The Bertz CT molecular complexity index is 1040. The molecule has 0 aliphatic heterocycles. The van der Waals surface area contributed by atoms with Crippen molar-refractivity contribution in [3.05, 3.63) is 64.7 Å². The zero-order valence-corrected chi connectivity index (χ0v) is 14.7. The maximum absolute atomic E-state index is 12.5. The molecule has 130 valence electrons. The molecule has 0 bridgehead atoms. The van der Waals surface area contributed by atoms with Crippen molar-refractivity contribution in [2.45, 2.75) is 6.54 Å². The van der Waals surface area contributed by atoms with Crippen molar-refractivity contribution in [2.24, 2.45) is 0 Å². The minimum absolute atomic E-state index is 0.247. The SMILES string of the molecule is COc1ccc(-c2cc(C(=O)NCc3cccs3)nn3cnnc23)cc1. The number of aromatic nitrogens is 4. The van der Waals surface area contributed by atoms with Crippen molar-refractivity contribution >= 4 is 22.9 Å². The molecule has 0 spiro atoms. The minimum Gasteiger partial charge on any atom is -0.497 e. The lowest BCUT2D eigenvalue weighted by Crippen LogP contribution is -2.24. The number of fused-ring (bicyclic) bond motifs is 1. The average Bonchev–Trinajstić information content (AvgIpc) is 3.37. The van der Waals surface area contributed by atoms with Crippen molar-refractivity contribution in [1.29, 1.82) is 0 Å². The Morgan fingerprint density at radius 2 is 2.12 bits per heavy atom. The highest BCUT2D eigenvalue weighted by Crippen LogP contribution is 2.25. The highest BCUT2D eigenvalue weighted by Gasteiger charge is 2.15. The molecule has 0 aliphatic rings. The van der Waals surface area contributed by atoms with Gasteiger partial charge in [-0.3, -0.25) is 4.79 Å². The van der Waals surface area contributed by atoms with Crippen LogP contribution < -0.4 is 10.1 Å². The van der Waals surface area contributed by atoms with Crippen molar-refractivity contribution in [2.75, 3.05) is 7.11 Å². The normalized spacial score (nSPS) is 10.8. The number of amides is 1. The highest BCUT2D eigenvalue weighted by atomic mass is 32.1. The molecule has 8 heteroatoms. The molecule has 0 saturated heterocycles. The van der Waals surface area contributed by atoms with E-state index in [0.29, 0.717) is 17.9 Å². The largest absolute Gasteiger partial charge is 0.497 e. The van der Waals surface area contributed by atoms with E-state index in [0.717, 1.165) is 21.8 Å². The van der Waals surface area contributed by atoms with Crippen LogP contribution in [0.5, 0.6) is 5.75 Å². The number of hydrogen-bond donors (Lipinski definition) is 1. The Kier molecular flexibility index (Phi) is 4.32. The van der Waals surface area contributed by atoms with E-state index in [2.05, 4.69) is 20.6 Å². The fourth-order valence-corrected chi connectivity index (χ4v) is 3.24. The Morgan fingerprint density at radius 1 is 1.27 bits per heavy atom. The monoisotopic (exact) mass is 365 g/mol. The second kappa shape index (κ2) is 6.93. The van der Waals surface area contributed by atoms with Crippen molar-refractivity contribution in [1.82, 2.24) is 25.1 Å². The molecular formula is C18H15N5O2S. The number of hydrogen-bond acceptors (Lipinski definition) is 6. The second-order valence-corrected chi connectivity index (χ2v) is 6.57. The number of rotatable bonds is 5. The molecular weight excluding hydrogens is 350 g/mol. The Balaban J connectivity index is 1.68. The van der Waals surface area contributed by atoms with Gasteiger partial charge in [-0.05, 0) is 35.2 Å². The Labute approximate surface area is 153 Å². The van der Waals surface area contributed by atoms with Crippen molar-refractivity contribution in [3.8, 4) is 16.9 Å². The summed E-state index contributed by atoms with van der Waals surface area (Å²) in [7, 11) is 1.62. The van der Waals surface area contributed by atoms with E-state index >= 15 is 0 Å². The van der Waals surface area contributed by atoms with Gasteiger partial charge < -0.3 is 10.1 Å². The van der Waals surface area contributed by atoms with Crippen LogP contribution in [0.3, 0.4) is 0 Å². The Morgan fingerprint density at radius 3 is 2.85 bits per heavy atom. The predicted molar refractivity (Wildman–Crippen MR) is 98.3 cm³/mol. The lowest BCUT2D eigenvalue weighted by Gasteiger charge is -2.08. The quantitative estimate of drug-likeness (QED) is 0.588. The van der Waals surface area contributed by atoms with Gasteiger partial charge in [0.05, 0.1) is 13.7 Å². The molecule has 7 nitrogen and oxygen atoms in total. The molecule has 0 atom stereocenters. The standard InChI is InChI=1S/C18H15N5O2S/c1-25-13-6-4-12(5-7-13)15-9-16(22-23-11-20-21-17(15)23)18(24)19-10-14-3-2-8-26-14/h2-9,11H,10H2,1H3,(H,19,24). The molecule has 4 rings (SSSR count). The van der Waals surface area contributed by atoms with Crippen LogP contribution in [0.1, 0.15) is 15.4 Å². The van der Waals surface area contributed by atoms with Crippen molar-refractivity contribution in [3.63, 3.8) is 0 Å². The molecule has 3 aromatic heterocycles. The van der Waals surface area contributed by atoms with Crippen LogP contribution in [0, 0.1) is 0 Å². The number of nitrogens with one attached hydrogen (secondary N) is 1. The lowest BCUT2D eigenvalue weighted by molar-refractivity contribution is 0.0945. The third-order valence-electron chi connectivity index (χ3n) is 3.90. The molecule has 0 aliphatic carbocycles. The van der Waals surface area contributed by atoms with E-state index in [1.807, 2.05) is 41.8 Å². The van der Waals surface area contributed by atoms with Crippen LogP contribution in [0.2, 0.25) is 0 Å². The summed E-state index contributed by atoms with van der Waals surface area (Å²) >= 11 is 1.60. The summed E-state index contributed by atoms with van der Waals surface area (Å²) in [6, 6.07) is 13.2. The summed E-state index contributed by atoms with van der Waals surface area (Å²) < 4.78 is 6.71. The molecule has 1 N–H and O–H groups in total. The number of carbonyl (C=O) groups excluding carboxylic acids is 1. The molecule has 1 amide bonds. The van der Waals surface area contributed by atoms with E-state index in [-0.39, 0.29) is 5.91 Å². The van der Waals surface area contributed by atoms with Gasteiger partial charge in [0.1, 0.15) is 17.8 Å². The number of thiophene rings is 1. The first-order valence-electron chi connectivity index (χ1n) is 7.90. The van der Waals surface area contributed by atoms with E-state index in [1.54, 1.807) is 24.5 Å². The van der Waals surface area contributed by atoms with Gasteiger partial charge in [-0.2, -0.15) is 9.61 Å². The van der Waals surface area contributed by atoms with E-state index in [4.69, 9.17) is 4.74 Å². The average molecular weight is 365 g/mol. The summed E-state index contributed by atoms with van der Waals surface area (Å²) in [6.07, 6.45) is 1.48. The number of methoxy groups -OCH3 is 1. The zero-order valence-electron chi connectivity index (χ0n) is 13.9. The van der Waals surface area contributed by atoms with Gasteiger partial charge in [0, 0.05) is 10.4 Å².